The Bertz CT molecular complexity index is 212. The van der Waals surface area contributed by atoms with Crippen molar-refractivity contribution in [3.8, 4) is 0 Å². The van der Waals surface area contributed by atoms with Gasteiger partial charge < -0.3 is 10.2 Å². The second-order valence-electron chi connectivity index (χ2n) is 5.82. The lowest BCUT2D eigenvalue weighted by atomic mass is 10.0. The summed E-state index contributed by atoms with van der Waals surface area (Å²) in [6.45, 7) is 9.85. The number of hydrogen-bond donors (Lipinski definition) is 1. The average molecular weight is 242 g/mol. The van der Waals surface area contributed by atoms with Gasteiger partial charge in [-0.15, -0.1) is 0 Å². The zero-order valence-corrected chi connectivity index (χ0v) is 11.6. The minimum absolute atomic E-state index is 0.470. The molecule has 0 saturated carbocycles. The molecule has 16 heavy (non-hydrogen) atoms. The highest BCUT2D eigenvalue weighted by Crippen LogP contribution is 2.29. The molecule has 1 atom stereocenters. The van der Waals surface area contributed by atoms with E-state index in [4.69, 9.17) is 0 Å². The Balaban J connectivity index is 1.68. The predicted molar refractivity (Wildman–Crippen MR) is 73.2 cm³/mol. The van der Waals surface area contributed by atoms with E-state index in [1.165, 1.54) is 57.6 Å². The molecule has 0 bridgehead atoms. The van der Waals surface area contributed by atoms with Crippen LogP contribution in [0.5, 0.6) is 0 Å². The van der Waals surface area contributed by atoms with Gasteiger partial charge in [-0.25, -0.2) is 0 Å². The van der Waals surface area contributed by atoms with Crippen LogP contribution in [-0.2, 0) is 0 Å². The molecule has 2 saturated heterocycles. The van der Waals surface area contributed by atoms with E-state index >= 15 is 0 Å². The molecule has 2 heterocycles. The van der Waals surface area contributed by atoms with Crippen LogP contribution in [0.4, 0.5) is 0 Å². The van der Waals surface area contributed by atoms with Gasteiger partial charge in [0.05, 0.1) is 0 Å². The van der Waals surface area contributed by atoms with Crippen LogP contribution in [0, 0.1) is 0 Å². The molecule has 1 unspecified atom stereocenters. The molecule has 2 nitrogen and oxygen atoms in total. The van der Waals surface area contributed by atoms with Gasteiger partial charge in [0.1, 0.15) is 0 Å². The summed E-state index contributed by atoms with van der Waals surface area (Å²) in [5, 5.41) is 3.65. The molecule has 3 heteroatoms. The fourth-order valence-corrected chi connectivity index (χ4v) is 3.99. The van der Waals surface area contributed by atoms with Crippen LogP contribution in [0.15, 0.2) is 0 Å². The Kier molecular flexibility index (Phi) is 4.57. The number of piperidine rings is 1. The second kappa shape index (κ2) is 5.74. The van der Waals surface area contributed by atoms with Crippen LogP contribution in [-0.4, -0.2) is 47.6 Å². The quantitative estimate of drug-likeness (QED) is 0.818. The molecule has 2 aliphatic heterocycles. The van der Waals surface area contributed by atoms with Gasteiger partial charge in [0.2, 0.25) is 0 Å². The summed E-state index contributed by atoms with van der Waals surface area (Å²) >= 11 is 2.13. The molecule has 0 radical (unpaired) electrons. The van der Waals surface area contributed by atoms with Crippen molar-refractivity contribution < 1.29 is 0 Å². The monoisotopic (exact) mass is 242 g/mol. The fraction of sp³-hybridized carbons (Fsp3) is 1.00. The zero-order valence-electron chi connectivity index (χ0n) is 10.8. The summed E-state index contributed by atoms with van der Waals surface area (Å²) in [4.78, 5) is 2.66. The molecule has 0 spiro atoms. The molecule has 0 aromatic rings. The van der Waals surface area contributed by atoms with Crippen molar-refractivity contribution in [1.82, 2.24) is 10.2 Å². The van der Waals surface area contributed by atoms with E-state index in [9.17, 15) is 0 Å². The summed E-state index contributed by atoms with van der Waals surface area (Å²) in [6.07, 6.45) is 5.55. The normalized spacial score (nSPS) is 31.5. The summed E-state index contributed by atoms with van der Waals surface area (Å²) in [5.41, 5.74) is 0. The molecule has 0 aromatic heterocycles. The van der Waals surface area contributed by atoms with Crippen LogP contribution in [0.1, 0.15) is 39.5 Å². The summed E-state index contributed by atoms with van der Waals surface area (Å²) in [6, 6.07) is 0.798. The topological polar surface area (TPSA) is 15.3 Å². The van der Waals surface area contributed by atoms with Crippen molar-refractivity contribution in [2.24, 2.45) is 0 Å². The lowest BCUT2D eigenvalue weighted by Crippen LogP contribution is -2.45. The van der Waals surface area contributed by atoms with E-state index in [1.54, 1.807) is 0 Å². The molecule has 0 amide bonds. The standard InChI is InChI=1S/C13H26N2S/c1-13(2)11-15(9-10-16-13)8-6-12-5-3-4-7-14-12/h12,14H,3-11H2,1-2H3. The van der Waals surface area contributed by atoms with E-state index in [0.717, 1.165) is 6.04 Å². The Labute approximate surface area is 105 Å². The minimum Gasteiger partial charge on any atom is -0.314 e. The Morgan fingerprint density at radius 1 is 1.38 bits per heavy atom. The zero-order chi connectivity index (χ0) is 11.4. The molecule has 0 aromatic carbocycles. The number of nitrogens with zero attached hydrogens (tertiary/aromatic N) is 1. The summed E-state index contributed by atoms with van der Waals surface area (Å²) in [5.74, 6) is 1.31. The number of thioether (sulfide) groups is 1. The highest BCUT2D eigenvalue weighted by Gasteiger charge is 2.27. The third-order valence-electron chi connectivity index (χ3n) is 3.71. The first-order valence-corrected chi connectivity index (χ1v) is 7.74. The van der Waals surface area contributed by atoms with Crippen LogP contribution in [0.3, 0.4) is 0 Å². The third kappa shape index (κ3) is 3.94. The first-order valence-electron chi connectivity index (χ1n) is 6.75. The van der Waals surface area contributed by atoms with Gasteiger partial charge in [0, 0.05) is 29.6 Å². The van der Waals surface area contributed by atoms with Crippen molar-refractivity contribution in [3.05, 3.63) is 0 Å². The van der Waals surface area contributed by atoms with E-state index < -0.39 is 0 Å². The van der Waals surface area contributed by atoms with E-state index in [2.05, 4.69) is 35.8 Å². The first-order chi connectivity index (χ1) is 7.66. The van der Waals surface area contributed by atoms with Crippen LogP contribution in [0.2, 0.25) is 0 Å². The molecular weight excluding hydrogens is 216 g/mol. The predicted octanol–water partition coefficient (Wildman–Crippen LogP) is 2.35. The molecule has 0 aliphatic carbocycles. The number of hydrogen-bond acceptors (Lipinski definition) is 3. The van der Waals surface area contributed by atoms with Crippen molar-refractivity contribution in [3.63, 3.8) is 0 Å². The third-order valence-corrected chi connectivity index (χ3v) is 5.01. The van der Waals surface area contributed by atoms with Gasteiger partial charge in [-0.05, 0) is 46.2 Å². The Hall–Kier alpha value is 0.270. The number of rotatable bonds is 3. The van der Waals surface area contributed by atoms with E-state index in [1.807, 2.05) is 0 Å². The molecule has 94 valence electrons. The maximum Gasteiger partial charge on any atom is 0.0231 e. The summed E-state index contributed by atoms with van der Waals surface area (Å²) < 4.78 is 0.470. The van der Waals surface area contributed by atoms with Gasteiger partial charge in [0.15, 0.2) is 0 Å². The van der Waals surface area contributed by atoms with Crippen molar-refractivity contribution in [2.75, 3.05) is 31.9 Å². The maximum atomic E-state index is 3.65. The lowest BCUT2D eigenvalue weighted by Gasteiger charge is -2.38. The highest BCUT2D eigenvalue weighted by molar-refractivity contribution is 8.00. The van der Waals surface area contributed by atoms with Crippen LogP contribution >= 0.6 is 11.8 Å². The molecule has 2 fully saturated rings. The fourth-order valence-electron chi connectivity index (χ4n) is 2.81. The van der Waals surface area contributed by atoms with Gasteiger partial charge in [-0.3, -0.25) is 0 Å². The lowest BCUT2D eigenvalue weighted by molar-refractivity contribution is 0.236. The number of nitrogens with one attached hydrogen (secondary N) is 1. The molecular formula is C13H26N2S. The second-order valence-corrected chi connectivity index (χ2v) is 7.62. The minimum atomic E-state index is 0.470. The van der Waals surface area contributed by atoms with Gasteiger partial charge in [0.25, 0.3) is 0 Å². The van der Waals surface area contributed by atoms with Crippen molar-refractivity contribution >= 4 is 11.8 Å². The maximum absolute atomic E-state index is 3.65. The van der Waals surface area contributed by atoms with E-state index in [0.29, 0.717) is 4.75 Å². The molecule has 2 aliphatic rings. The van der Waals surface area contributed by atoms with E-state index in [-0.39, 0.29) is 0 Å². The summed E-state index contributed by atoms with van der Waals surface area (Å²) in [7, 11) is 0. The van der Waals surface area contributed by atoms with Crippen LogP contribution in [0.25, 0.3) is 0 Å². The smallest absolute Gasteiger partial charge is 0.0231 e. The van der Waals surface area contributed by atoms with Gasteiger partial charge in [-0.2, -0.15) is 11.8 Å². The van der Waals surface area contributed by atoms with Gasteiger partial charge in [-0.1, -0.05) is 6.42 Å². The van der Waals surface area contributed by atoms with Crippen molar-refractivity contribution in [1.29, 1.82) is 0 Å². The van der Waals surface area contributed by atoms with Gasteiger partial charge >= 0.3 is 0 Å². The van der Waals surface area contributed by atoms with Crippen molar-refractivity contribution in [2.45, 2.75) is 50.3 Å². The Morgan fingerprint density at radius 3 is 2.94 bits per heavy atom. The van der Waals surface area contributed by atoms with Crippen LogP contribution < -0.4 is 5.32 Å². The first kappa shape index (κ1) is 12.7. The Morgan fingerprint density at radius 2 is 2.25 bits per heavy atom. The SMILES string of the molecule is CC1(C)CN(CCC2CCCCN2)CCS1. The highest BCUT2D eigenvalue weighted by atomic mass is 32.2. The average Bonchev–Trinajstić information content (AvgIpc) is 2.27. The molecule has 1 N–H and O–H groups in total. The molecule has 2 rings (SSSR count). The largest absolute Gasteiger partial charge is 0.314 e.